The first-order chi connectivity index (χ1) is 8.65. The van der Waals surface area contributed by atoms with E-state index in [0.29, 0.717) is 11.3 Å². The molecule has 0 radical (unpaired) electrons. The van der Waals surface area contributed by atoms with Crippen molar-refractivity contribution in [3.63, 3.8) is 0 Å². The second kappa shape index (κ2) is 4.23. The van der Waals surface area contributed by atoms with Crippen molar-refractivity contribution >= 4 is 22.3 Å². The van der Waals surface area contributed by atoms with Crippen LogP contribution in [-0.4, -0.2) is 0 Å². The van der Waals surface area contributed by atoms with Gasteiger partial charge in [0, 0.05) is 5.39 Å². The largest absolute Gasteiger partial charge is 0.459 e. The summed E-state index contributed by atoms with van der Waals surface area (Å²) in [6.45, 7) is 2.02. The summed E-state index contributed by atoms with van der Waals surface area (Å²) in [5, 5.41) is 4.82. The molecule has 0 aliphatic carbocycles. The van der Waals surface area contributed by atoms with Crippen molar-refractivity contribution in [2.75, 3.05) is 0 Å². The minimum atomic E-state index is -0.299. The standard InChI is InChI=1S/C14H12FNOS/c1-8-6-18-7-11(8)14(16)13-5-9-4-10(15)2-3-12(9)17-13/h2-7,14H,16H2,1H3. The summed E-state index contributed by atoms with van der Waals surface area (Å²) in [5.41, 5.74) is 9.05. The van der Waals surface area contributed by atoms with E-state index in [2.05, 4.69) is 5.38 Å². The van der Waals surface area contributed by atoms with Gasteiger partial charge in [-0.3, -0.25) is 0 Å². The van der Waals surface area contributed by atoms with Crippen LogP contribution in [0.2, 0.25) is 0 Å². The Hall–Kier alpha value is -1.65. The van der Waals surface area contributed by atoms with Crippen molar-refractivity contribution in [2.24, 2.45) is 5.73 Å². The van der Waals surface area contributed by atoms with Gasteiger partial charge in [0.05, 0.1) is 6.04 Å². The molecular weight excluding hydrogens is 249 g/mol. The molecule has 3 aromatic rings. The van der Waals surface area contributed by atoms with Crippen LogP contribution in [0.1, 0.15) is 22.9 Å². The van der Waals surface area contributed by atoms with E-state index in [1.807, 2.05) is 12.3 Å². The number of aryl methyl sites for hydroxylation is 1. The van der Waals surface area contributed by atoms with Crippen LogP contribution < -0.4 is 5.73 Å². The van der Waals surface area contributed by atoms with E-state index in [4.69, 9.17) is 10.2 Å². The average Bonchev–Trinajstić information content (AvgIpc) is 2.93. The highest BCUT2D eigenvalue weighted by molar-refractivity contribution is 7.08. The first-order valence-electron chi connectivity index (χ1n) is 5.62. The fraction of sp³-hybridized carbons (Fsp3) is 0.143. The molecule has 2 heterocycles. The van der Waals surface area contributed by atoms with Gasteiger partial charge in [-0.2, -0.15) is 11.3 Å². The monoisotopic (exact) mass is 261 g/mol. The predicted octanol–water partition coefficient (Wildman–Crippen LogP) is 3.99. The van der Waals surface area contributed by atoms with Crippen molar-refractivity contribution in [3.8, 4) is 0 Å². The molecule has 0 spiro atoms. The molecule has 0 amide bonds. The van der Waals surface area contributed by atoms with Gasteiger partial charge in [0.1, 0.15) is 17.2 Å². The number of furan rings is 1. The van der Waals surface area contributed by atoms with Crippen LogP contribution in [0.15, 0.2) is 39.4 Å². The summed E-state index contributed by atoms with van der Waals surface area (Å²) in [6.07, 6.45) is 0. The zero-order chi connectivity index (χ0) is 12.7. The number of fused-ring (bicyclic) bond motifs is 1. The molecule has 2 N–H and O–H groups in total. The van der Waals surface area contributed by atoms with E-state index in [-0.39, 0.29) is 11.9 Å². The molecule has 1 atom stereocenters. The van der Waals surface area contributed by atoms with Crippen molar-refractivity contribution < 1.29 is 8.81 Å². The molecule has 18 heavy (non-hydrogen) atoms. The number of halogens is 1. The van der Waals surface area contributed by atoms with Gasteiger partial charge in [-0.25, -0.2) is 4.39 Å². The maximum Gasteiger partial charge on any atom is 0.134 e. The fourth-order valence-corrected chi connectivity index (χ4v) is 2.92. The zero-order valence-electron chi connectivity index (χ0n) is 9.81. The maximum atomic E-state index is 13.1. The molecule has 3 rings (SSSR count). The molecule has 0 saturated carbocycles. The highest BCUT2D eigenvalue weighted by Gasteiger charge is 2.16. The van der Waals surface area contributed by atoms with Crippen LogP contribution in [-0.2, 0) is 0 Å². The lowest BCUT2D eigenvalue weighted by molar-refractivity contribution is 0.524. The van der Waals surface area contributed by atoms with Crippen molar-refractivity contribution in [1.29, 1.82) is 0 Å². The third-order valence-corrected chi connectivity index (χ3v) is 3.91. The van der Waals surface area contributed by atoms with Gasteiger partial charge in [-0.15, -0.1) is 0 Å². The summed E-state index contributed by atoms with van der Waals surface area (Å²) < 4.78 is 18.8. The molecule has 0 fully saturated rings. The second-order valence-electron chi connectivity index (χ2n) is 4.32. The van der Waals surface area contributed by atoms with Gasteiger partial charge in [0.2, 0.25) is 0 Å². The minimum absolute atomic E-state index is 0.268. The third-order valence-electron chi connectivity index (χ3n) is 3.03. The van der Waals surface area contributed by atoms with Crippen LogP contribution >= 0.6 is 11.3 Å². The molecular formula is C14H12FNOS. The van der Waals surface area contributed by atoms with Crippen molar-refractivity contribution in [2.45, 2.75) is 13.0 Å². The Labute approximate surface area is 108 Å². The van der Waals surface area contributed by atoms with Gasteiger partial charge in [0.25, 0.3) is 0 Å². The average molecular weight is 261 g/mol. The minimum Gasteiger partial charge on any atom is -0.459 e. The molecule has 2 aromatic heterocycles. The summed E-state index contributed by atoms with van der Waals surface area (Å²) in [4.78, 5) is 0. The Morgan fingerprint density at radius 1 is 1.28 bits per heavy atom. The van der Waals surface area contributed by atoms with E-state index < -0.39 is 0 Å². The van der Waals surface area contributed by atoms with Crippen LogP contribution in [0.5, 0.6) is 0 Å². The molecule has 1 unspecified atom stereocenters. The van der Waals surface area contributed by atoms with Gasteiger partial charge < -0.3 is 10.2 Å². The molecule has 0 aliphatic rings. The molecule has 0 saturated heterocycles. The lowest BCUT2D eigenvalue weighted by atomic mass is 10.1. The van der Waals surface area contributed by atoms with Crippen LogP contribution in [0.25, 0.3) is 11.0 Å². The van der Waals surface area contributed by atoms with E-state index in [1.54, 1.807) is 23.5 Å². The molecule has 0 bridgehead atoms. The molecule has 0 aliphatic heterocycles. The first-order valence-corrected chi connectivity index (χ1v) is 6.56. The van der Waals surface area contributed by atoms with Gasteiger partial charge in [0.15, 0.2) is 0 Å². The smallest absolute Gasteiger partial charge is 0.134 e. The van der Waals surface area contributed by atoms with Gasteiger partial charge >= 0.3 is 0 Å². The first kappa shape index (κ1) is 11.4. The Kier molecular flexibility index (Phi) is 2.69. The Morgan fingerprint density at radius 3 is 2.83 bits per heavy atom. The quantitative estimate of drug-likeness (QED) is 0.757. The van der Waals surface area contributed by atoms with Gasteiger partial charge in [-0.1, -0.05) is 0 Å². The highest BCUT2D eigenvalue weighted by atomic mass is 32.1. The van der Waals surface area contributed by atoms with E-state index in [1.165, 1.54) is 12.1 Å². The lowest BCUT2D eigenvalue weighted by Gasteiger charge is -2.07. The van der Waals surface area contributed by atoms with Crippen LogP contribution in [0, 0.1) is 12.7 Å². The van der Waals surface area contributed by atoms with Crippen LogP contribution in [0.4, 0.5) is 4.39 Å². The Morgan fingerprint density at radius 2 is 2.11 bits per heavy atom. The van der Waals surface area contributed by atoms with E-state index >= 15 is 0 Å². The fourth-order valence-electron chi connectivity index (χ4n) is 2.03. The number of benzene rings is 1. The van der Waals surface area contributed by atoms with Crippen LogP contribution in [0.3, 0.4) is 0 Å². The number of hydrogen-bond acceptors (Lipinski definition) is 3. The predicted molar refractivity (Wildman–Crippen MR) is 71.3 cm³/mol. The number of hydrogen-bond donors (Lipinski definition) is 1. The summed E-state index contributed by atoms with van der Waals surface area (Å²) in [7, 11) is 0. The molecule has 92 valence electrons. The second-order valence-corrected chi connectivity index (χ2v) is 5.06. The molecule has 1 aromatic carbocycles. The van der Waals surface area contributed by atoms with Crippen molar-refractivity contribution in [3.05, 3.63) is 57.7 Å². The molecule has 2 nitrogen and oxygen atoms in total. The number of thiophene rings is 1. The van der Waals surface area contributed by atoms with Gasteiger partial charge in [-0.05, 0) is 53.1 Å². The van der Waals surface area contributed by atoms with E-state index in [9.17, 15) is 4.39 Å². The van der Waals surface area contributed by atoms with Crippen molar-refractivity contribution in [1.82, 2.24) is 0 Å². The lowest BCUT2D eigenvalue weighted by Crippen LogP contribution is -2.10. The summed E-state index contributed by atoms with van der Waals surface area (Å²) in [5.74, 6) is 0.396. The molecule has 4 heteroatoms. The number of rotatable bonds is 2. The zero-order valence-corrected chi connectivity index (χ0v) is 10.6. The SMILES string of the molecule is Cc1cscc1C(N)c1cc2cc(F)ccc2o1. The third kappa shape index (κ3) is 1.83. The summed E-state index contributed by atoms with van der Waals surface area (Å²) in [6, 6.07) is 5.97. The highest BCUT2D eigenvalue weighted by Crippen LogP contribution is 2.30. The van der Waals surface area contributed by atoms with E-state index in [0.717, 1.165) is 16.5 Å². The normalized spacial score (nSPS) is 13.1. The Bertz CT molecular complexity index is 701. The maximum absolute atomic E-state index is 13.1. The summed E-state index contributed by atoms with van der Waals surface area (Å²) >= 11 is 1.62. The Balaban J connectivity index is 2.07. The topological polar surface area (TPSA) is 39.2 Å². The number of nitrogens with two attached hydrogens (primary N) is 1.